The Morgan fingerprint density at radius 3 is 0.781 bits per heavy atom. The highest BCUT2D eigenvalue weighted by Crippen LogP contribution is 2.31. The fourth-order valence-corrected chi connectivity index (χ4v) is 5.55. The molecule has 0 bridgehead atoms. The van der Waals surface area contributed by atoms with Crippen LogP contribution >= 0.6 is 0 Å². The molecule has 0 radical (unpaired) electrons. The number of hydrogen-bond acceptors (Lipinski definition) is 0. The molecular weight excluding hydrogens is 384 g/mol. The summed E-state index contributed by atoms with van der Waals surface area (Å²) >= 11 is 0. The summed E-state index contributed by atoms with van der Waals surface area (Å²) in [6, 6.07) is 0. The van der Waals surface area contributed by atoms with E-state index in [0.29, 0.717) is 0 Å². The van der Waals surface area contributed by atoms with Crippen LogP contribution in [-0.2, 0) is 0 Å². The minimum atomic E-state index is 1.03. The van der Waals surface area contributed by atoms with Crippen molar-refractivity contribution in [2.45, 2.75) is 195 Å². The van der Waals surface area contributed by atoms with Gasteiger partial charge in [0.05, 0.1) is 0 Å². The standard InChI is InChI=1S/C32H66/c1-5-9-13-17-20-24-28-31(26-22-16-12-8-4)30-32(27-23-19-15-11-7-3)29-25-21-18-14-10-6-2/h31-32H,5-30H2,1-4H3. The maximum absolute atomic E-state index is 2.35. The third kappa shape index (κ3) is 23.2. The summed E-state index contributed by atoms with van der Waals surface area (Å²) in [5.41, 5.74) is 0. The molecule has 0 heterocycles. The summed E-state index contributed by atoms with van der Waals surface area (Å²) in [7, 11) is 0. The van der Waals surface area contributed by atoms with Crippen molar-refractivity contribution >= 4 is 0 Å². The fraction of sp³-hybridized carbons (Fsp3) is 1.00. The lowest BCUT2D eigenvalue weighted by Gasteiger charge is -2.24. The van der Waals surface area contributed by atoms with E-state index in [4.69, 9.17) is 0 Å². The Kier molecular flexibility index (Phi) is 27.2. The zero-order chi connectivity index (χ0) is 23.5. The maximum atomic E-state index is 2.35. The van der Waals surface area contributed by atoms with E-state index in [1.165, 1.54) is 161 Å². The topological polar surface area (TPSA) is 0 Å². The molecular formula is C32H66. The van der Waals surface area contributed by atoms with E-state index in [1.807, 2.05) is 0 Å². The number of rotatable bonds is 27. The SMILES string of the molecule is CCCCCCCCC(CCCCCC)CC(CCCCCCC)CCCCCCCC. The van der Waals surface area contributed by atoms with Gasteiger partial charge in [-0.25, -0.2) is 0 Å². The molecule has 0 saturated heterocycles. The highest BCUT2D eigenvalue weighted by Gasteiger charge is 2.16. The molecule has 0 N–H and O–H groups in total. The van der Waals surface area contributed by atoms with Crippen molar-refractivity contribution in [2.24, 2.45) is 11.8 Å². The summed E-state index contributed by atoms with van der Waals surface area (Å²) in [4.78, 5) is 0. The Bertz CT molecular complexity index is 320. The van der Waals surface area contributed by atoms with Gasteiger partial charge >= 0.3 is 0 Å². The number of unbranched alkanes of at least 4 members (excludes halogenated alkanes) is 17. The minimum Gasteiger partial charge on any atom is -0.0654 e. The van der Waals surface area contributed by atoms with E-state index >= 15 is 0 Å². The van der Waals surface area contributed by atoms with E-state index in [9.17, 15) is 0 Å². The molecule has 0 amide bonds. The van der Waals surface area contributed by atoms with E-state index in [1.54, 1.807) is 6.42 Å². The second kappa shape index (κ2) is 27.2. The molecule has 0 spiro atoms. The van der Waals surface area contributed by atoms with Crippen LogP contribution in [0.5, 0.6) is 0 Å². The van der Waals surface area contributed by atoms with Crippen molar-refractivity contribution < 1.29 is 0 Å². The van der Waals surface area contributed by atoms with Crippen molar-refractivity contribution in [1.82, 2.24) is 0 Å². The van der Waals surface area contributed by atoms with Gasteiger partial charge < -0.3 is 0 Å². The molecule has 0 saturated carbocycles. The average molecular weight is 451 g/mol. The molecule has 0 aromatic heterocycles. The zero-order valence-corrected chi connectivity index (χ0v) is 23.5. The second-order valence-corrected chi connectivity index (χ2v) is 11.1. The van der Waals surface area contributed by atoms with Gasteiger partial charge in [0, 0.05) is 0 Å². The number of hydrogen-bond donors (Lipinski definition) is 0. The molecule has 2 atom stereocenters. The van der Waals surface area contributed by atoms with Crippen LogP contribution in [0, 0.1) is 11.8 Å². The van der Waals surface area contributed by atoms with Crippen molar-refractivity contribution in [3.8, 4) is 0 Å². The summed E-state index contributed by atoms with van der Waals surface area (Å²) < 4.78 is 0. The fourth-order valence-electron chi connectivity index (χ4n) is 5.55. The lowest BCUT2D eigenvalue weighted by molar-refractivity contribution is 0.282. The Balaban J connectivity index is 4.50. The van der Waals surface area contributed by atoms with Crippen molar-refractivity contribution in [2.75, 3.05) is 0 Å². The zero-order valence-electron chi connectivity index (χ0n) is 23.5. The predicted molar refractivity (Wildman–Crippen MR) is 150 cm³/mol. The normalized spacial score (nSPS) is 13.5. The maximum Gasteiger partial charge on any atom is -0.0412 e. The highest BCUT2D eigenvalue weighted by molar-refractivity contribution is 4.69. The molecule has 2 unspecified atom stereocenters. The molecule has 0 fully saturated rings. The van der Waals surface area contributed by atoms with Gasteiger partial charge in [-0.05, 0) is 18.3 Å². The van der Waals surface area contributed by atoms with Crippen molar-refractivity contribution in [3.63, 3.8) is 0 Å². The lowest BCUT2D eigenvalue weighted by Crippen LogP contribution is -2.11. The first-order valence-corrected chi connectivity index (χ1v) is 15.8. The van der Waals surface area contributed by atoms with Crippen LogP contribution in [0.1, 0.15) is 195 Å². The molecule has 0 aromatic rings. The Morgan fingerprint density at radius 2 is 0.500 bits per heavy atom. The van der Waals surface area contributed by atoms with E-state index in [0.717, 1.165) is 11.8 Å². The Morgan fingerprint density at radius 1 is 0.281 bits per heavy atom. The lowest BCUT2D eigenvalue weighted by atomic mass is 9.82. The van der Waals surface area contributed by atoms with Crippen LogP contribution in [0.4, 0.5) is 0 Å². The minimum absolute atomic E-state index is 1.03. The summed E-state index contributed by atoms with van der Waals surface area (Å²) in [5.74, 6) is 2.05. The third-order valence-corrected chi connectivity index (χ3v) is 7.78. The highest BCUT2D eigenvalue weighted by atomic mass is 14.2. The molecule has 32 heavy (non-hydrogen) atoms. The van der Waals surface area contributed by atoms with Gasteiger partial charge in [0.25, 0.3) is 0 Å². The molecule has 0 aliphatic heterocycles. The summed E-state index contributed by atoms with van der Waals surface area (Å²) in [6.45, 7) is 9.35. The first-order chi connectivity index (χ1) is 15.8. The van der Waals surface area contributed by atoms with Crippen molar-refractivity contribution in [1.29, 1.82) is 0 Å². The van der Waals surface area contributed by atoms with Crippen LogP contribution < -0.4 is 0 Å². The summed E-state index contributed by atoms with van der Waals surface area (Å²) in [6.07, 6.45) is 38.3. The monoisotopic (exact) mass is 451 g/mol. The first-order valence-electron chi connectivity index (χ1n) is 15.8. The average Bonchev–Trinajstić information content (AvgIpc) is 2.80. The van der Waals surface area contributed by atoms with Gasteiger partial charge in [-0.3, -0.25) is 0 Å². The second-order valence-electron chi connectivity index (χ2n) is 11.1. The van der Waals surface area contributed by atoms with Crippen LogP contribution in [0.2, 0.25) is 0 Å². The van der Waals surface area contributed by atoms with E-state index < -0.39 is 0 Å². The molecule has 0 aliphatic carbocycles. The molecule has 194 valence electrons. The smallest absolute Gasteiger partial charge is 0.0412 e. The Hall–Kier alpha value is 0. The van der Waals surface area contributed by atoms with Gasteiger partial charge in [-0.2, -0.15) is 0 Å². The van der Waals surface area contributed by atoms with Crippen molar-refractivity contribution in [3.05, 3.63) is 0 Å². The first kappa shape index (κ1) is 32.0. The molecule has 0 aromatic carbocycles. The van der Waals surface area contributed by atoms with Crippen LogP contribution in [0.3, 0.4) is 0 Å². The van der Waals surface area contributed by atoms with E-state index in [-0.39, 0.29) is 0 Å². The summed E-state index contributed by atoms with van der Waals surface area (Å²) in [5, 5.41) is 0. The van der Waals surface area contributed by atoms with Gasteiger partial charge in [-0.1, -0.05) is 188 Å². The third-order valence-electron chi connectivity index (χ3n) is 7.78. The van der Waals surface area contributed by atoms with E-state index in [2.05, 4.69) is 27.7 Å². The molecule has 0 heteroatoms. The van der Waals surface area contributed by atoms with Gasteiger partial charge in [0.2, 0.25) is 0 Å². The molecule has 0 nitrogen and oxygen atoms in total. The van der Waals surface area contributed by atoms with Gasteiger partial charge in [-0.15, -0.1) is 0 Å². The van der Waals surface area contributed by atoms with Crippen LogP contribution in [0.25, 0.3) is 0 Å². The van der Waals surface area contributed by atoms with Gasteiger partial charge in [0.15, 0.2) is 0 Å². The predicted octanol–water partition coefficient (Wildman–Crippen LogP) is 12.4. The van der Waals surface area contributed by atoms with Crippen LogP contribution in [-0.4, -0.2) is 0 Å². The van der Waals surface area contributed by atoms with Gasteiger partial charge in [0.1, 0.15) is 0 Å². The molecule has 0 aliphatic rings. The largest absolute Gasteiger partial charge is 0.0654 e. The molecule has 0 rings (SSSR count). The quantitative estimate of drug-likeness (QED) is 0.109. The Labute approximate surface area is 206 Å². The van der Waals surface area contributed by atoms with Crippen LogP contribution in [0.15, 0.2) is 0 Å².